The van der Waals surface area contributed by atoms with Gasteiger partial charge in [-0.05, 0) is 88.8 Å². The number of halogens is 1. The van der Waals surface area contributed by atoms with Crippen molar-refractivity contribution in [2.75, 3.05) is 31.9 Å². The van der Waals surface area contributed by atoms with E-state index in [1.165, 1.54) is 106 Å². The Kier molecular flexibility index (Phi) is 23.0. The average Bonchev–Trinajstić information content (AvgIpc) is 4.08. The van der Waals surface area contributed by atoms with Gasteiger partial charge in [0.05, 0.1) is 25.3 Å². The lowest BCUT2D eigenvalue weighted by Crippen LogP contribution is -2.63. The molecule has 0 radical (unpaired) electrons. The summed E-state index contributed by atoms with van der Waals surface area (Å²) in [4.78, 5) is 71.0. The van der Waals surface area contributed by atoms with Crippen molar-refractivity contribution in [1.29, 1.82) is 0 Å². The number of hydrogen-bond acceptors (Lipinski definition) is 13. The molecule has 3 heterocycles. The van der Waals surface area contributed by atoms with Gasteiger partial charge in [0.2, 0.25) is 17.7 Å². The van der Waals surface area contributed by atoms with E-state index in [1.54, 1.807) is 80.7 Å². The number of carbonyl (C=O) groups is 5. The molecule has 4 fully saturated rings. The van der Waals surface area contributed by atoms with Crippen LogP contribution in [0.1, 0.15) is 169 Å². The molecule has 2 saturated heterocycles. The molecule has 1 aromatic carbocycles. The SMILES string of the molecule is COc1cc2cc(c1Cl)N(C)C(=O)C[C@H](OC(=O)[C@H](C)N(C)C(=O)CCSSC(C)CCC(=O)NC1CCC3CCCCCCCC(CCCC3)CC1)[C@]1(C)O[C@H]1[C@H](C)[C@@H]1C[C@@](O)(NC(=O)O1)[C@H](O)/C=C/C=C(\C)C2. The number of aliphatic hydroxyl groups excluding tert-OH is 1. The van der Waals surface area contributed by atoms with Crippen LogP contribution in [0.4, 0.5) is 10.5 Å². The number of methoxy groups -OCH3 is 1. The van der Waals surface area contributed by atoms with Gasteiger partial charge < -0.3 is 44.3 Å². The average molecular weight is 1100 g/mol. The normalized spacial score (nSPS) is 32.3. The summed E-state index contributed by atoms with van der Waals surface area (Å²) in [5.74, 6) is 0.461. The van der Waals surface area contributed by atoms with Crippen molar-refractivity contribution in [1.82, 2.24) is 15.5 Å². The first-order valence-corrected chi connectivity index (χ1v) is 30.5. The number of benzene rings is 1. The number of amides is 4. The minimum atomic E-state index is -2.08. The van der Waals surface area contributed by atoms with E-state index in [4.69, 9.17) is 30.5 Å². The van der Waals surface area contributed by atoms with Crippen LogP contribution in [0.5, 0.6) is 5.75 Å². The zero-order valence-corrected chi connectivity index (χ0v) is 48.3. The summed E-state index contributed by atoms with van der Waals surface area (Å²) >= 11 is 6.82. The highest BCUT2D eigenvalue weighted by Gasteiger charge is 2.64. The summed E-state index contributed by atoms with van der Waals surface area (Å²) in [6.45, 7) is 9.03. The number of allylic oxidation sites excluding steroid dienone is 3. The molecule has 2 aliphatic carbocycles. The number of epoxide rings is 1. The molecule has 2 saturated carbocycles. The number of ether oxygens (including phenoxy) is 4. The van der Waals surface area contributed by atoms with Gasteiger partial charge in [0, 0.05) is 56.3 Å². The van der Waals surface area contributed by atoms with E-state index < -0.39 is 65.7 Å². The molecular weight excluding hydrogens is 1020 g/mol. The third-order valence-corrected chi connectivity index (χ3v) is 20.0. The third-order valence-electron chi connectivity index (χ3n) is 16.6. The minimum Gasteiger partial charge on any atom is -0.495 e. The minimum absolute atomic E-state index is 0.133. The van der Waals surface area contributed by atoms with Crippen LogP contribution in [0.25, 0.3) is 0 Å². The third kappa shape index (κ3) is 17.3. The van der Waals surface area contributed by atoms with Crippen LogP contribution in [0.2, 0.25) is 5.02 Å². The van der Waals surface area contributed by atoms with Crippen LogP contribution < -0.4 is 20.3 Å². The Morgan fingerprint density at radius 2 is 1.63 bits per heavy atom. The lowest BCUT2D eigenvalue weighted by molar-refractivity contribution is -0.162. The second-order valence-electron chi connectivity index (χ2n) is 22.5. The van der Waals surface area contributed by atoms with E-state index in [2.05, 4.69) is 17.6 Å². The Balaban J connectivity index is 1.05. The first-order chi connectivity index (χ1) is 35.7. The summed E-state index contributed by atoms with van der Waals surface area (Å²) < 4.78 is 23.7. The van der Waals surface area contributed by atoms with Crippen LogP contribution in [0, 0.1) is 17.8 Å². The zero-order chi connectivity index (χ0) is 54.5. The number of rotatable bonds is 13. The van der Waals surface area contributed by atoms with Crippen molar-refractivity contribution in [2.24, 2.45) is 17.8 Å². The number of alkyl carbamates (subject to hydrolysis) is 1. The van der Waals surface area contributed by atoms with Gasteiger partial charge in [0.15, 0.2) is 5.72 Å². The second-order valence-corrected chi connectivity index (χ2v) is 25.8. The smallest absolute Gasteiger partial charge is 0.409 e. The van der Waals surface area contributed by atoms with Crippen molar-refractivity contribution < 1.29 is 53.1 Å². The predicted molar refractivity (Wildman–Crippen MR) is 298 cm³/mol. The van der Waals surface area contributed by atoms with Crippen molar-refractivity contribution in [2.45, 2.75) is 223 Å². The summed E-state index contributed by atoms with van der Waals surface area (Å²) in [6.07, 6.45) is 20.0. The molecule has 11 atom stereocenters. The number of aliphatic hydroxyl groups is 2. The lowest BCUT2D eigenvalue weighted by atomic mass is 9.83. The Hall–Kier alpha value is -3.48. The lowest BCUT2D eigenvalue weighted by Gasteiger charge is -2.41. The van der Waals surface area contributed by atoms with Gasteiger partial charge in [0.25, 0.3) is 0 Å². The number of hydrogen-bond donors (Lipinski definition) is 4. The highest BCUT2D eigenvalue weighted by Crippen LogP contribution is 2.49. The Labute approximate surface area is 459 Å². The first kappa shape index (κ1) is 60.7. The van der Waals surface area contributed by atoms with Crippen molar-refractivity contribution >= 4 is 68.7 Å². The number of anilines is 1. The quantitative estimate of drug-likeness (QED) is 0.0631. The van der Waals surface area contributed by atoms with E-state index in [9.17, 15) is 34.2 Å². The molecule has 420 valence electrons. The Morgan fingerprint density at radius 3 is 2.28 bits per heavy atom. The number of likely N-dealkylation sites (N-methyl/N-ethyl adjacent to an activating group) is 1. The molecule has 5 aliphatic rings. The van der Waals surface area contributed by atoms with Gasteiger partial charge in [0.1, 0.15) is 40.7 Å². The second kappa shape index (κ2) is 28.4. The summed E-state index contributed by atoms with van der Waals surface area (Å²) in [6, 6.07) is 2.76. The fourth-order valence-corrected chi connectivity index (χ4v) is 14.0. The highest BCUT2D eigenvalue weighted by molar-refractivity contribution is 8.76. The topological polar surface area (TPSA) is 197 Å². The number of nitrogens with one attached hydrogen (secondary N) is 2. The van der Waals surface area contributed by atoms with Crippen LogP contribution in [-0.4, -0.2) is 125 Å². The van der Waals surface area contributed by atoms with Gasteiger partial charge in [-0.1, -0.05) is 141 Å². The molecule has 3 aliphatic heterocycles. The van der Waals surface area contributed by atoms with Crippen LogP contribution in [0.3, 0.4) is 0 Å². The maximum atomic E-state index is 14.4. The number of fused-ring (bicyclic) bond motifs is 10. The van der Waals surface area contributed by atoms with Crippen molar-refractivity contribution in [3.8, 4) is 5.75 Å². The molecule has 18 heteroatoms. The fourth-order valence-electron chi connectivity index (χ4n) is 11.4. The Morgan fingerprint density at radius 1 is 0.987 bits per heavy atom. The summed E-state index contributed by atoms with van der Waals surface area (Å²) in [7, 11) is 7.84. The standard InChI is InChI=1S/C57H87ClN4O11S2/c1-36-17-16-22-47(63)57(69)35-46(71-55(68)60-57)38(3)53-56(5,73-53)48(34-51(66)62(7)44-32-42(31-36)33-45(70-8)52(44)58)72-54(67)39(4)61(6)50(65)29-30-74-75-37(2)23-28-49(64)59-43-26-24-40-18-12-10-9-11-13-19-41(25-27-43)21-15-14-20-40/h16-17,22,32-33,37-41,43,46-48,53,63,69H,9-15,18-21,23-31,34-35H2,1-8H3,(H,59,64)(H,60,68)/b22-16+,36-17+/t37?,38-,39+,40?,41?,43?,46+,47-,48+,53+,56+,57+/m1/s1. The molecule has 4 N–H and O–H groups in total. The fraction of sp³-hybridized carbons (Fsp3) is 0.737. The molecule has 6 rings (SSSR count). The van der Waals surface area contributed by atoms with Gasteiger partial charge in [-0.15, -0.1) is 0 Å². The van der Waals surface area contributed by atoms with Crippen LogP contribution in [0.15, 0.2) is 35.9 Å². The van der Waals surface area contributed by atoms with Crippen LogP contribution >= 0.6 is 33.2 Å². The van der Waals surface area contributed by atoms with Crippen LogP contribution in [-0.2, 0) is 39.8 Å². The van der Waals surface area contributed by atoms with Gasteiger partial charge >= 0.3 is 12.1 Å². The van der Waals surface area contributed by atoms with E-state index in [-0.39, 0.29) is 47.4 Å². The highest BCUT2D eigenvalue weighted by atomic mass is 35.5. The molecular formula is C57H87ClN4O11S2. The molecule has 3 unspecified atom stereocenters. The monoisotopic (exact) mass is 1100 g/mol. The molecule has 0 spiro atoms. The summed E-state index contributed by atoms with van der Waals surface area (Å²) in [5, 5.41) is 28.9. The number of carbonyl (C=O) groups excluding carboxylic acids is 5. The largest absolute Gasteiger partial charge is 0.495 e. The Bertz CT molecular complexity index is 2160. The number of nitrogens with zero attached hydrogens (tertiary/aromatic N) is 2. The maximum Gasteiger partial charge on any atom is 0.409 e. The van der Waals surface area contributed by atoms with Gasteiger partial charge in [-0.25, -0.2) is 9.59 Å². The van der Waals surface area contributed by atoms with E-state index in [1.807, 2.05) is 6.92 Å². The molecule has 0 aromatic heterocycles. The first-order valence-electron chi connectivity index (χ1n) is 27.8. The predicted octanol–water partition coefficient (Wildman–Crippen LogP) is 10.4. The zero-order valence-electron chi connectivity index (χ0n) is 45.9. The molecule has 4 amide bonds. The molecule has 6 bridgehead atoms. The number of esters is 1. The van der Waals surface area contributed by atoms with Crippen molar-refractivity contribution in [3.63, 3.8) is 0 Å². The van der Waals surface area contributed by atoms with Gasteiger partial charge in [-0.3, -0.25) is 19.7 Å². The molecule has 1 aromatic rings. The van der Waals surface area contributed by atoms with E-state index in [0.717, 1.165) is 42.2 Å². The van der Waals surface area contributed by atoms with Crippen molar-refractivity contribution in [3.05, 3.63) is 46.5 Å². The summed E-state index contributed by atoms with van der Waals surface area (Å²) in [5.41, 5.74) is -1.35. The van der Waals surface area contributed by atoms with Gasteiger partial charge in [-0.2, -0.15) is 0 Å². The van der Waals surface area contributed by atoms with E-state index in [0.29, 0.717) is 30.0 Å². The van der Waals surface area contributed by atoms with E-state index >= 15 is 0 Å². The molecule has 75 heavy (non-hydrogen) atoms. The maximum absolute atomic E-state index is 14.4. The molecule has 15 nitrogen and oxygen atoms in total.